The quantitative estimate of drug-likeness (QED) is 0.865. The fourth-order valence-corrected chi connectivity index (χ4v) is 2.32. The second kappa shape index (κ2) is 6.13. The van der Waals surface area contributed by atoms with Crippen molar-refractivity contribution in [3.63, 3.8) is 0 Å². The predicted molar refractivity (Wildman–Crippen MR) is 79.4 cm³/mol. The molecule has 110 valence electrons. The van der Waals surface area contributed by atoms with Crippen molar-refractivity contribution in [2.45, 2.75) is 12.8 Å². The van der Waals surface area contributed by atoms with Gasteiger partial charge < -0.3 is 14.4 Å². The number of benzene rings is 1. The summed E-state index contributed by atoms with van der Waals surface area (Å²) < 4.78 is 10.7. The molecule has 1 aliphatic heterocycles. The number of aromatic nitrogens is 3. The summed E-state index contributed by atoms with van der Waals surface area (Å²) in [6.45, 7) is 1.87. The maximum absolute atomic E-state index is 5.95. The van der Waals surface area contributed by atoms with E-state index < -0.39 is 0 Å². The van der Waals surface area contributed by atoms with Crippen LogP contribution in [0.1, 0.15) is 12.8 Å². The molecule has 1 saturated heterocycles. The predicted octanol–water partition coefficient (Wildman–Crippen LogP) is 2.93. The van der Waals surface area contributed by atoms with Crippen molar-refractivity contribution in [2.75, 3.05) is 25.1 Å². The van der Waals surface area contributed by atoms with Crippen LogP contribution in [0.25, 0.3) is 0 Å². The monoisotopic (exact) mass is 306 g/mol. The zero-order valence-electron chi connectivity index (χ0n) is 11.6. The lowest BCUT2D eigenvalue weighted by Crippen LogP contribution is -2.21. The van der Waals surface area contributed by atoms with Crippen LogP contribution in [0.4, 0.5) is 5.95 Å². The highest BCUT2D eigenvalue weighted by Gasteiger charge is 2.17. The van der Waals surface area contributed by atoms with Gasteiger partial charge in [0.05, 0.1) is 7.11 Å². The zero-order chi connectivity index (χ0) is 14.7. The zero-order valence-corrected chi connectivity index (χ0v) is 12.4. The number of hydrogen-bond acceptors (Lipinski definition) is 6. The molecule has 0 amide bonds. The highest BCUT2D eigenvalue weighted by molar-refractivity contribution is 6.28. The van der Waals surface area contributed by atoms with Crippen LogP contribution in [-0.2, 0) is 0 Å². The molecule has 6 nitrogen and oxygen atoms in total. The van der Waals surface area contributed by atoms with Gasteiger partial charge in [0.1, 0.15) is 11.5 Å². The van der Waals surface area contributed by atoms with Gasteiger partial charge in [0, 0.05) is 13.1 Å². The molecule has 0 radical (unpaired) electrons. The van der Waals surface area contributed by atoms with E-state index in [4.69, 9.17) is 21.1 Å². The average molecular weight is 307 g/mol. The Morgan fingerprint density at radius 3 is 2.33 bits per heavy atom. The van der Waals surface area contributed by atoms with Crippen molar-refractivity contribution in [2.24, 2.45) is 0 Å². The molecule has 1 aromatic heterocycles. The first-order chi connectivity index (χ1) is 10.2. The molecular weight excluding hydrogens is 292 g/mol. The molecule has 7 heteroatoms. The Bertz CT molecular complexity index is 615. The van der Waals surface area contributed by atoms with Crippen molar-refractivity contribution >= 4 is 17.5 Å². The first kappa shape index (κ1) is 13.9. The molecule has 1 aromatic carbocycles. The Balaban J connectivity index is 1.80. The van der Waals surface area contributed by atoms with E-state index >= 15 is 0 Å². The van der Waals surface area contributed by atoms with E-state index in [1.807, 2.05) is 0 Å². The number of ether oxygens (including phenoxy) is 2. The highest BCUT2D eigenvalue weighted by atomic mass is 35.5. The standard InChI is InChI=1S/C14H15ClN4O2/c1-20-10-4-6-11(7-5-10)21-14-17-12(15)16-13(18-14)19-8-2-3-9-19/h4-7H,2-3,8-9H2,1H3. The Hall–Kier alpha value is -2.08. The number of hydrogen-bond donors (Lipinski definition) is 0. The van der Waals surface area contributed by atoms with Crippen LogP contribution in [0.3, 0.4) is 0 Å². The maximum Gasteiger partial charge on any atom is 0.328 e. The van der Waals surface area contributed by atoms with Crippen molar-refractivity contribution in [3.05, 3.63) is 29.5 Å². The van der Waals surface area contributed by atoms with Gasteiger partial charge in [0.15, 0.2) is 0 Å². The molecule has 21 heavy (non-hydrogen) atoms. The van der Waals surface area contributed by atoms with E-state index in [1.54, 1.807) is 31.4 Å². The summed E-state index contributed by atoms with van der Waals surface area (Å²) in [6.07, 6.45) is 2.27. The molecule has 2 aromatic rings. The summed E-state index contributed by atoms with van der Waals surface area (Å²) in [5.74, 6) is 1.94. The van der Waals surface area contributed by atoms with Crippen molar-refractivity contribution < 1.29 is 9.47 Å². The summed E-state index contributed by atoms with van der Waals surface area (Å²) in [5.41, 5.74) is 0. The van der Waals surface area contributed by atoms with Crippen LogP contribution >= 0.6 is 11.6 Å². The van der Waals surface area contributed by atoms with Gasteiger partial charge >= 0.3 is 6.01 Å². The van der Waals surface area contributed by atoms with Crippen LogP contribution in [0, 0.1) is 0 Å². The van der Waals surface area contributed by atoms with Crippen molar-refractivity contribution in [3.8, 4) is 17.5 Å². The Kier molecular flexibility index (Phi) is 4.06. The fourth-order valence-electron chi connectivity index (χ4n) is 2.18. The van der Waals surface area contributed by atoms with Crippen molar-refractivity contribution in [1.82, 2.24) is 15.0 Å². The highest BCUT2D eigenvalue weighted by Crippen LogP contribution is 2.24. The van der Waals surface area contributed by atoms with Gasteiger partial charge in [0.2, 0.25) is 11.2 Å². The lowest BCUT2D eigenvalue weighted by atomic mass is 10.3. The van der Waals surface area contributed by atoms with Gasteiger partial charge in [0.25, 0.3) is 0 Å². The first-order valence-corrected chi connectivity index (χ1v) is 7.11. The van der Waals surface area contributed by atoms with Gasteiger partial charge in [-0.05, 0) is 48.7 Å². The van der Waals surface area contributed by atoms with Gasteiger partial charge in [-0.1, -0.05) is 0 Å². The third-order valence-electron chi connectivity index (χ3n) is 3.23. The molecule has 0 spiro atoms. The molecule has 1 aliphatic rings. The number of methoxy groups -OCH3 is 1. The van der Waals surface area contributed by atoms with E-state index in [0.29, 0.717) is 11.7 Å². The molecule has 2 heterocycles. The van der Waals surface area contributed by atoms with Gasteiger partial charge in [-0.25, -0.2) is 0 Å². The lowest BCUT2D eigenvalue weighted by Gasteiger charge is -2.15. The average Bonchev–Trinajstić information content (AvgIpc) is 3.02. The van der Waals surface area contributed by atoms with E-state index in [0.717, 1.165) is 31.7 Å². The van der Waals surface area contributed by atoms with Crippen LogP contribution < -0.4 is 14.4 Å². The number of halogens is 1. The fraction of sp³-hybridized carbons (Fsp3) is 0.357. The minimum Gasteiger partial charge on any atom is -0.497 e. The van der Waals surface area contributed by atoms with Crippen LogP contribution in [0.5, 0.6) is 17.5 Å². The van der Waals surface area contributed by atoms with Crippen LogP contribution in [0.2, 0.25) is 5.28 Å². The molecule has 0 bridgehead atoms. The van der Waals surface area contributed by atoms with Gasteiger partial charge in [-0.15, -0.1) is 0 Å². The Morgan fingerprint density at radius 1 is 1.00 bits per heavy atom. The minimum absolute atomic E-state index is 0.135. The smallest absolute Gasteiger partial charge is 0.328 e. The molecule has 0 saturated carbocycles. The van der Waals surface area contributed by atoms with E-state index in [-0.39, 0.29) is 11.3 Å². The summed E-state index contributed by atoms with van der Waals surface area (Å²) >= 11 is 5.95. The number of rotatable bonds is 4. The lowest BCUT2D eigenvalue weighted by molar-refractivity contribution is 0.410. The third kappa shape index (κ3) is 3.33. The second-order valence-corrected chi connectivity index (χ2v) is 5.00. The molecule has 1 fully saturated rings. The normalized spacial score (nSPS) is 14.3. The molecule has 3 rings (SSSR count). The van der Waals surface area contributed by atoms with Crippen LogP contribution in [-0.4, -0.2) is 35.2 Å². The van der Waals surface area contributed by atoms with Crippen molar-refractivity contribution in [1.29, 1.82) is 0 Å². The summed E-state index contributed by atoms with van der Waals surface area (Å²) in [6, 6.07) is 7.37. The van der Waals surface area contributed by atoms with E-state index in [9.17, 15) is 0 Å². The molecular formula is C14H15ClN4O2. The minimum atomic E-state index is 0.135. The summed E-state index contributed by atoms with van der Waals surface area (Å²) in [7, 11) is 1.62. The first-order valence-electron chi connectivity index (χ1n) is 6.73. The van der Waals surface area contributed by atoms with Gasteiger partial charge in [-0.2, -0.15) is 15.0 Å². The molecule has 0 aliphatic carbocycles. The summed E-state index contributed by atoms with van der Waals surface area (Å²) in [5, 5.41) is 0.135. The van der Waals surface area contributed by atoms with E-state index in [1.165, 1.54) is 0 Å². The second-order valence-electron chi connectivity index (χ2n) is 4.66. The maximum atomic E-state index is 5.95. The summed E-state index contributed by atoms with van der Waals surface area (Å²) in [4.78, 5) is 14.6. The molecule has 0 atom stereocenters. The van der Waals surface area contributed by atoms with Crippen LogP contribution in [0.15, 0.2) is 24.3 Å². The Morgan fingerprint density at radius 2 is 1.67 bits per heavy atom. The van der Waals surface area contributed by atoms with E-state index in [2.05, 4.69) is 19.9 Å². The largest absolute Gasteiger partial charge is 0.497 e. The topological polar surface area (TPSA) is 60.4 Å². The SMILES string of the molecule is COc1ccc(Oc2nc(Cl)nc(N3CCCC3)n2)cc1. The molecule has 0 unspecified atom stereocenters. The van der Waals surface area contributed by atoms with Gasteiger partial charge in [-0.3, -0.25) is 0 Å². The molecule has 0 N–H and O–H groups in total. The number of nitrogens with zero attached hydrogens (tertiary/aromatic N) is 4. The number of anilines is 1. The third-order valence-corrected chi connectivity index (χ3v) is 3.40. The Labute approximate surface area is 127 Å².